The number of carbonyl (C=O) groups excluding carboxylic acids is 3. The maximum atomic E-state index is 13.4. The Balaban J connectivity index is 1.63. The Bertz CT molecular complexity index is 1400. The number of benzene rings is 2. The van der Waals surface area contributed by atoms with Crippen molar-refractivity contribution in [3.05, 3.63) is 47.5 Å². The topological polar surface area (TPSA) is 157 Å². The number of aromatic hydroxyl groups is 1. The maximum Gasteiger partial charge on any atom is 0.328 e. The molecule has 4 rings (SSSR count). The zero-order valence-electron chi connectivity index (χ0n) is 23.0. The first-order chi connectivity index (χ1) is 18.8. The van der Waals surface area contributed by atoms with Crippen LogP contribution in [0.15, 0.2) is 36.4 Å². The van der Waals surface area contributed by atoms with Crippen LogP contribution in [0, 0.1) is 0 Å². The van der Waals surface area contributed by atoms with Crippen LogP contribution in [-0.4, -0.2) is 69.6 Å². The minimum atomic E-state index is -3.65. The van der Waals surface area contributed by atoms with E-state index < -0.39 is 33.6 Å². The Morgan fingerprint density at radius 3 is 2.48 bits per heavy atom. The van der Waals surface area contributed by atoms with Crippen molar-refractivity contribution in [3.63, 3.8) is 0 Å². The quantitative estimate of drug-likeness (QED) is 0.394. The van der Waals surface area contributed by atoms with Gasteiger partial charge in [-0.3, -0.25) is 19.8 Å². The second-order valence-electron chi connectivity index (χ2n) is 10.6. The third-order valence-electron chi connectivity index (χ3n) is 6.73. The molecule has 40 heavy (non-hydrogen) atoms. The number of imide groups is 1. The van der Waals surface area contributed by atoms with Gasteiger partial charge < -0.3 is 20.5 Å². The van der Waals surface area contributed by atoms with Crippen molar-refractivity contribution >= 4 is 44.9 Å². The Kier molecular flexibility index (Phi) is 8.38. The fourth-order valence-corrected chi connectivity index (χ4v) is 5.78. The Hall–Kier alpha value is -3.68. The number of phenolic OH excluding ortho intramolecular Hbond substituents is 1. The average Bonchev–Trinajstić information content (AvgIpc) is 2.90. The van der Waals surface area contributed by atoms with Gasteiger partial charge in [-0.25, -0.2) is 17.5 Å². The van der Waals surface area contributed by atoms with Crippen LogP contribution in [0.25, 0.3) is 0 Å². The second kappa shape index (κ2) is 11.4. The summed E-state index contributed by atoms with van der Waals surface area (Å²) in [7, 11) is -3.65. The van der Waals surface area contributed by atoms with Crippen molar-refractivity contribution in [3.8, 4) is 5.75 Å². The Morgan fingerprint density at radius 1 is 1.20 bits per heavy atom. The van der Waals surface area contributed by atoms with Crippen LogP contribution in [0.3, 0.4) is 0 Å². The number of nitrogens with one attached hydrogen (secondary N) is 3. The van der Waals surface area contributed by atoms with Crippen molar-refractivity contribution < 1.29 is 32.6 Å². The van der Waals surface area contributed by atoms with Crippen molar-refractivity contribution in [2.24, 2.45) is 0 Å². The van der Waals surface area contributed by atoms with E-state index in [1.54, 1.807) is 37.3 Å². The molecule has 2 aliphatic rings. The van der Waals surface area contributed by atoms with Crippen LogP contribution in [0.2, 0.25) is 0 Å². The van der Waals surface area contributed by atoms with Gasteiger partial charge in [-0.15, -0.1) is 0 Å². The number of morpholine rings is 1. The molecule has 2 aromatic carbocycles. The second-order valence-corrected chi connectivity index (χ2v) is 12.8. The van der Waals surface area contributed by atoms with E-state index >= 15 is 0 Å². The lowest BCUT2D eigenvalue weighted by Gasteiger charge is -2.35. The number of phenols is 1. The van der Waals surface area contributed by atoms with Gasteiger partial charge in [-0.2, -0.15) is 0 Å². The number of anilines is 3. The fraction of sp³-hybridized carbons (Fsp3) is 0.444. The summed E-state index contributed by atoms with van der Waals surface area (Å²) in [4.78, 5) is 38.8. The smallest absolute Gasteiger partial charge is 0.328 e. The molecule has 12 nitrogen and oxygen atoms in total. The number of hydrogen-bond acceptors (Lipinski definition) is 8. The number of ether oxygens (including phenoxy) is 1. The monoisotopic (exact) mass is 573 g/mol. The van der Waals surface area contributed by atoms with E-state index in [-0.39, 0.29) is 35.9 Å². The molecule has 216 valence electrons. The van der Waals surface area contributed by atoms with Crippen LogP contribution < -0.4 is 25.2 Å². The predicted octanol–water partition coefficient (Wildman–Crippen LogP) is 2.49. The summed E-state index contributed by atoms with van der Waals surface area (Å²) in [5.74, 6) is -1.33. The van der Waals surface area contributed by atoms with Crippen LogP contribution >= 0.6 is 0 Å². The SMILES string of the molecule is CCS(=O)(=O)N(c1ccc(NC(=O)c2cc(N3CCC(=O)NC3=O)cc(C(C)(C)C)c2O)cc1)C1CNCCO1. The highest BCUT2D eigenvalue weighted by Crippen LogP contribution is 2.38. The highest BCUT2D eigenvalue weighted by molar-refractivity contribution is 7.92. The molecular formula is C27H35N5O7S. The zero-order chi connectivity index (χ0) is 29.2. The Morgan fingerprint density at radius 2 is 1.90 bits per heavy atom. The normalized spacial score (nSPS) is 18.3. The van der Waals surface area contributed by atoms with E-state index in [0.717, 1.165) is 0 Å². The van der Waals surface area contributed by atoms with Crippen LogP contribution in [0.5, 0.6) is 5.75 Å². The Labute approximate surface area is 233 Å². The molecule has 1 unspecified atom stereocenters. The summed E-state index contributed by atoms with van der Waals surface area (Å²) in [6.45, 7) is 8.65. The van der Waals surface area contributed by atoms with Gasteiger partial charge in [-0.1, -0.05) is 20.8 Å². The molecular weight excluding hydrogens is 538 g/mol. The van der Waals surface area contributed by atoms with Gasteiger partial charge in [0.15, 0.2) is 6.23 Å². The number of amides is 4. The van der Waals surface area contributed by atoms with Crippen molar-refractivity contribution in [2.45, 2.75) is 45.8 Å². The minimum Gasteiger partial charge on any atom is -0.507 e. The molecule has 0 radical (unpaired) electrons. The third-order valence-corrected chi connectivity index (χ3v) is 8.50. The van der Waals surface area contributed by atoms with Crippen LogP contribution in [0.1, 0.15) is 50.0 Å². The van der Waals surface area contributed by atoms with Gasteiger partial charge in [-0.05, 0) is 48.7 Å². The first kappa shape index (κ1) is 29.3. The van der Waals surface area contributed by atoms with Crippen LogP contribution in [0.4, 0.5) is 21.9 Å². The number of rotatable bonds is 7. The molecule has 2 saturated heterocycles. The summed E-state index contributed by atoms with van der Waals surface area (Å²) < 4.78 is 32.7. The summed E-state index contributed by atoms with van der Waals surface area (Å²) in [6, 6.07) is 8.73. The lowest BCUT2D eigenvalue weighted by atomic mass is 9.84. The third kappa shape index (κ3) is 6.21. The summed E-state index contributed by atoms with van der Waals surface area (Å²) in [5, 5.41) is 19.2. The summed E-state index contributed by atoms with van der Waals surface area (Å²) >= 11 is 0. The number of hydrogen-bond donors (Lipinski definition) is 4. The van der Waals surface area contributed by atoms with E-state index in [0.29, 0.717) is 42.3 Å². The lowest BCUT2D eigenvalue weighted by Crippen LogP contribution is -2.52. The van der Waals surface area contributed by atoms with Crippen molar-refractivity contribution in [1.82, 2.24) is 10.6 Å². The number of carbonyl (C=O) groups is 3. The van der Waals surface area contributed by atoms with E-state index in [9.17, 15) is 27.9 Å². The van der Waals surface area contributed by atoms with E-state index in [2.05, 4.69) is 16.0 Å². The molecule has 0 saturated carbocycles. The van der Waals surface area contributed by atoms with Gasteiger partial charge in [0.25, 0.3) is 5.91 Å². The van der Waals surface area contributed by atoms with Gasteiger partial charge in [0.05, 0.1) is 23.6 Å². The highest BCUT2D eigenvalue weighted by atomic mass is 32.2. The molecule has 2 aliphatic heterocycles. The van der Waals surface area contributed by atoms with Gasteiger partial charge in [0.1, 0.15) is 5.75 Å². The number of urea groups is 1. The van der Waals surface area contributed by atoms with Gasteiger partial charge >= 0.3 is 6.03 Å². The molecule has 4 N–H and O–H groups in total. The fourth-order valence-electron chi connectivity index (χ4n) is 4.57. The first-order valence-corrected chi connectivity index (χ1v) is 14.7. The summed E-state index contributed by atoms with van der Waals surface area (Å²) in [6.07, 6.45) is -0.588. The standard InChI is InChI=1S/C27H35N5O7S/c1-5-40(37,38)32(23-16-28-11-13-39-23)18-8-6-17(7-9-18)29-25(35)20-14-19(15-21(24(20)34)27(2,3)4)31-12-10-22(33)30-26(31)36/h6-9,14-15,23,28,34H,5,10-13,16H2,1-4H3,(H,29,35)(H,30,33,36). The molecule has 2 aromatic rings. The van der Waals surface area contributed by atoms with Crippen molar-refractivity contribution in [2.75, 3.05) is 46.5 Å². The predicted molar refractivity (Wildman–Crippen MR) is 151 cm³/mol. The van der Waals surface area contributed by atoms with Crippen molar-refractivity contribution in [1.29, 1.82) is 0 Å². The van der Waals surface area contributed by atoms with Crippen LogP contribution in [-0.2, 0) is 25.0 Å². The van der Waals surface area contributed by atoms with E-state index in [1.165, 1.54) is 15.3 Å². The van der Waals surface area contributed by atoms with Gasteiger partial charge in [0, 0.05) is 43.0 Å². The lowest BCUT2D eigenvalue weighted by molar-refractivity contribution is -0.120. The first-order valence-electron chi connectivity index (χ1n) is 13.1. The maximum absolute atomic E-state index is 13.4. The van der Waals surface area contributed by atoms with E-state index in [1.807, 2.05) is 20.8 Å². The average molecular weight is 574 g/mol. The molecule has 0 aromatic heterocycles. The largest absolute Gasteiger partial charge is 0.507 e. The molecule has 2 fully saturated rings. The molecule has 13 heteroatoms. The van der Waals surface area contributed by atoms with E-state index in [4.69, 9.17) is 4.74 Å². The molecule has 1 atom stereocenters. The molecule has 0 spiro atoms. The zero-order valence-corrected chi connectivity index (χ0v) is 23.8. The molecule has 0 aliphatic carbocycles. The molecule has 0 bridgehead atoms. The minimum absolute atomic E-state index is 0.0481. The highest BCUT2D eigenvalue weighted by Gasteiger charge is 2.32. The summed E-state index contributed by atoms with van der Waals surface area (Å²) in [5.41, 5.74) is 0.968. The molecule has 4 amide bonds. The number of sulfonamides is 1. The van der Waals surface area contributed by atoms with Gasteiger partial charge in [0.2, 0.25) is 15.9 Å². The molecule has 2 heterocycles. The number of nitrogens with zero attached hydrogens (tertiary/aromatic N) is 2.